The smallest absolute Gasteiger partial charge is 0.270 e. The quantitative estimate of drug-likeness (QED) is 0.389. The van der Waals surface area contributed by atoms with Crippen LogP contribution in [0.15, 0.2) is 48.0 Å². The highest BCUT2D eigenvalue weighted by molar-refractivity contribution is 7.80. The highest BCUT2D eigenvalue weighted by Crippen LogP contribution is 2.39. The van der Waals surface area contributed by atoms with Crippen LogP contribution in [0.1, 0.15) is 44.4 Å². The molecule has 0 bridgehead atoms. The van der Waals surface area contributed by atoms with Crippen molar-refractivity contribution in [2.75, 3.05) is 23.5 Å². The Morgan fingerprint density at radius 3 is 2.44 bits per heavy atom. The molecule has 7 heteroatoms. The molecule has 2 aromatic rings. The number of aryl methyl sites for hydroxylation is 1. The van der Waals surface area contributed by atoms with E-state index in [-0.39, 0.29) is 16.2 Å². The molecule has 0 aromatic heterocycles. The van der Waals surface area contributed by atoms with Gasteiger partial charge in [0.05, 0.1) is 17.8 Å². The molecule has 0 radical (unpaired) electrons. The van der Waals surface area contributed by atoms with E-state index in [9.17, 15) is 9.59 Å². The van der Waals surface area contributed by atoms with Gasteiger partial charge in [-0.25, -0.2) is 0 Å². The molecule has 2 heterocycles. The molecule has 34 heavy (non-hydrogen) atoms. The van der Waals surface area contributed by atoms with Crippen molar-refractivity contribution in [3.63, 3.8) is 0 Å². The molecule has 0 spiro atoms. The van der Waals surface area contributed by atoms with Gasteiger partial charge in [-0.3, -0.25) is 19.8 Å². The maximum Gasteiger partial charge on any atom is 0.270 e. The molecule has 6 nitrogen and oxygen atoms in total. The van der Waals surface area contributed by atoms with E-state index < -0.39 is 11.8 Å². The average molecular weight is 476 g/mol. The maximum atomic E-state index is 13.4. The Kier molecular flexibility index (Phi) is 6.08. The van der Waals surface area contributed by atoms with Crippen molar-refractivity contribution in [2.24, 2.45) is 0 Å². The van der Waals surface area contributed by atoms with Gasteiger partial charge in [-0.1, -0.05) is 6.08 Å². The van der Waals surface area contributed by atoms with Crippen molar-refractivity contribution in [2.45, 2.75) is 40.2 Å². The Bertz CT molecular complexity index is 1260. The van der Waals surface area contributed by atoms with Crippen LogP contribution in [0.4, 0.5) is 11.4 Å². The highest BCUT2D eigenvalue weighted by Gasteiger charge is 2.35. The summed E-state index contributed by atoms with van der Waals surface area (Å²) in [5.41, 5.74) is 5.67. The molecular formula is C27H29N3O3S. The molecule has 176 valence electrons. The summed E-state index contributed by atoms with van der Waals surface area (Å²) in [6, 6.07) is 11.2. The van der Waals surface area contributed by atoms with Gasteiger partial charge in [0, 0.05) is 18.3 Å². The Morgan fingerprint density at radius 2 is 1.79 bits per heavy atom. The third-order valence-electron chi connectivity index (χ3n) is 6.41. The van der Waals surface area contributed by atoms with Crippen LogP contribution in [0.3, 0.4) is 0 Å². The van der Waals surface area contributed by atoms with Gasteiger partial charge in [0.2, 0.25) is 0 Å². The number of carbonyl (C=O) groups excluding carboxylic acids is 2. The number of thiocarbonyl (C=S) groups is 1. The molecule has 2 amide bonds. The molecule has 4 rings (SSSR count). The van der Waals surface area contributed by atoms with Crippen molar-refractivity contribution in [3.05, 3.63) is 64.7 Å². The standard InChI is InChI=1S/C27H29N3O3S/c1-7-33-20-10-8-19(9-11-20)30-25(32)22(24(31)28-26(30)34)14-18-13-21-17(3)15-27(4,5)29(6)23(21)12-16(18)2/h8-15H,7H2,1-6H3,(H,28,31,34)/b22-14+. The van der Waals surface area contributed by atoms with Crippen LogP contribution in [-0.4, -0.2) is 36.1 Å². The fourth-order valence-corrected chi connectivity index (χ4v) is 4.66. The minimum Gasteiger partial charge on any atom is -0.494 e. The topological polar surface area (TPSA) is 61.9 Å². The van der Waals surface area contributed by atoms with Gasteiger partial charge in [-0.2, -0.15) is 0 Å². The van der Waals surface area contributed by atoms with E-state index in [2.05, 4.69) is 50.2 Å². The number of allylic oxidation sites excluding steroid dienone is 1. The molecule has 2 aliphatic heterocycles. The summed E-state index contributed by atoms with van der Waals surface area (Å²) < 4.78 is 5.48. The second kappa shape index (κ2) is 8.72. The summed E-state index contributed by atoms with van der Waals surface area (Å²) in [7, 11) is 2.08. The predicted molar refractivity (Wildman–Crippen MR) is 141 cm³/mol. The zero-order chi connectivity index (χ0) is 24.8. The van der Waals surface area contributed by atoms with Crippen LogP contribution in [0.2, 0.25) is 0 Å². The Morgan fingerprint density at radius 1 is 1.12 bits per heavy atom. The molecule has 1 N–H and O–H groups in total. The maximum absolute atomic E-state index is 13.4. The van der Waals surface area contributed by atoms with Gasteiger partial charge in [-0.15, -0.1) is 0 Å². The second-order valence-electron chi connectivity index (χ2n) is 9.15. The van der Waals surface area contributed by atoms with Crippen LogP contribution < -0.4 is 19.9 Å². The number of rotatable bonds is 4. The van der Waals surface area contributed by atoms with E-state index in [4.69, 9.17) is 17.0 Å². The number of likely N-dealkylation sites (N-methyl/N-ethyl adjacent to an activating group) is 1. The molecule has 0 atom stereocenters. The first kappa shape index (κ1) is 23.7. The first-order valence-electron chi connectivity index (χ1n) is 11.3. The minimum atomic E-state index is -0.500. The highest BCUT2D eigenvalue weighted by atomic mass is 32.1. The van der Waals surface area contributed by atoms with Gasteiger partial charge in [0.15, 0.2) is 5.11 Å². The van der Waals surface area contributed by atoms with Crippen LogP contribution in [-0.2, 0) is 9.59 Å². The van der Waals surface area contributed by atoms with Crippen LogP contribution in [0.5, 0.6) is 5.75 Å². The first-order valence-corrected chi connectivity index (χ1v) is 11.7. The number of nitrogens with zero attached hydrogens (tertiary/aromatic N) is 2. The van der Waals surface area contributed by atoms with Crippen molar-refractivity contribution < 1.29 is 14.3 Å². The van der Waals surface area contributed by atoms with Crippen molar-refractivity contribution >= 4 is 52.2 Å². The molecular weight excluding hydrogens is 446 g/mol. The largest absolute Gasteiger partial charge is 0.494 e. The Hall–Kier alpha value is -3.45. The number of anilines is 2. The van der Waals surface area contributed by atoms with Gasteiger partial charge in [0.1, 0.15) is 11.3 Å². The monoisotopic (exact) mass is 475 g/mol. The van der Waals surface area contributed by atoms with E-state index in [1.54, 1.807) is 30.3 Å². The van der Waals surface area contributed by atoms with Crippen molar-refractivity contribution in [1.82, 2.24) is 5.32 Å². The normalized spacial score (nSPS) is 18.6. The second-order valence-corrected chi connectivity index (χ2v) is 9.54. The fraction of sp³-hybridized carbons (Fsp3) is 0.296. The van der Waals surface area contributed by atoms with E-state index >= 15 is 0 Å². The number of fused-ring (bicyclic) bond motifs is 1. The Labute approximate surface area is 205 Å². The number of carbonyl (C=O) groups is 2. The molecule has 1 saturated heterocycles. The number of hydrogen-bond donors (Lipinski definition) is 1. The predicted octanol–water partition coefficient (Wildman–Crippen LogP) is 4.86. The lowest BCUT2D eigenvalue weighted by molar-refractivity contribution is -0.122. The third kappa shape index (κ3) is 4.12. The fourth-order valence-electron chi connectivity index (χ4n) is 4.38. The zero-order valence-electron chi connectivity index (χ0n) is 20.4. The van der Waals surface area contributed by atoms with Gasteiger partial charge >= 0.3 is 0 Å². The lowest BCUT2D eigenvalue weighted by Gasteiger charge is -2.41. The lowest BCUT2D eigenvalue weighted by Crippen LogP contribution is -2.54. The summed E-state index contributed by atoms with van der Waals surface area (Å²) in [5, 5.41) is 2.71. The summed E-state index contributed by atoms with van der Waals surface area (Å²) in [5.74, 6) is -0.261. The zero-order valence-corrected chi connectivity index (χ0v) is 21.2. The molecule has 2 aromatic carbocycles. The third-order valence-corrected chi connectivity index (χ3v) is 6.70. The van der Waals surface area contributed by atoms with Crippen LogP contribution >= 0.6 is 12.2 Å². The molecule has 2 aliphatic rings. The van der Waals surface area contributed by atoms with Gasteiger partial charge in [-0.05, 0) is 106 Å². The van der Waals surface area contributed by atoms with Crippen molar-refractivity contribution in [1.29, 1.82) is 0 Å². The van der Waals surface area contributed by atoms with Crippen LogP contribution in [0, 0.1) is 6.92 Å². The first-order chi connectivity index (χ1) is 16.0. The average Bonchev–Trinajstić information content (AvgIpc) is 2.76. The SMILES string of the molecule is CCOc1ccc(N2C(=O)/C(=C/c3cc4c(cc3C)N(C)C(C)(C)C=C4C)C(=O)NC2=S)cc1. The van der Waals surface area contributed by atoms with Gasteiger partial charge < -0.3 is 9.64 Å². The summed E-state index contributed by atoms with van der Waals surface area (Å²) >= 11 is 5.32. The number of amides is 2. The Balaban J connectivity index is 1.74. The molecule has 0 aliphatic carbocycles. The van der Waals surface area contributed by atoms with E-state index in [0.717, 1.165) is 28.0 Å². The minimum absolute atomic E-state index is 0.0386. The molecule has 0 unspecified atom stereocenters. The molecule has 1 fully saturated rings. The van der Waals surface area contributed by atoms with E-state index in [0.29, 0.717) is 18.0 Å². The van der Waals surface area contributed by atoms with E-state index in [1.807, 2.05) is 19.9 Å². The van der Waals surface area contributed by atoms with Crippen LogP contribution in [0.25, 0.3) is 11.6 Å². The number of hydrogen-bond acceptors (Lipinski definition) is 5. The lowest BCUT2D eigenvalue weighted by atomic mass is 9.87. The number of benzene rings is 2. The van der Waals surface area contributed by atoms with Gasteiger partial charge in [0.25, 0.3) is 11.8 Å². The summed E-state index contributed by atoms with van der Waals surface area (Å²) in [6.07, 6.45) is 3.88. The summed E-state index contributed by atoms with van der Waals surface area (Å²) in [6.45, 7) is 10.9. The van der Waals surface area contributed by atoms with E-state index in [1.165, 1.54) is 4.90 Å². The summed E-state index contributed by atoms with van der Waals surface area (Å²) in [4.78, 5) is 29.8. The number of nitrogens with one attached hydrogen (secondary N) is 1. The molecule has 0 saturated carbocycles. The van der Waals surface area contributed by atoms with Crippen molar-refractivity contribution in [3.8, 4) is 5.75 Å². The number of ether oxygens (including phenoxy) is 1.